The van der Waals surface area contributed by atoms with Gasteiger partial charge in [0.15, 0.2) is 0 Å². The highest BCUT2D eigenvalue weighted by Gasteiger charge is 2.55. The van der Waals surface area contributed by atoms with Crippen LogP contribution in [0.3, 0.4) is 0 Å². The molecule has 3 saturated heterocycles. The molecule has 1 amide bonds. The maximum absolute atomic E-state index is 14.0. The summed E-state index contributed by atoms with van der Waals surface area (Å²) in [6.07, 6.45) is 7.07. The Balaban J connectivity index is 1.62. The SMILES string of the molecule is C=C[C@H]1[C@@H]2CC[C@@H](c3ccccn3)N2C(=O)C2CCC[C@@H]1N2S(=O)(=O)c1cc(Cl)cc(Cl)c1. The van der Waals surface area contributed by atoms with Gasteiger partial charge in [0.05, 0.1) is 16.6 Å². The molecule has 3 fully saturated rings. The Morgan fingerprint density at radius 2 is 1.76 bits per heavy atom. The number of amides is 1. The number of rotatable bonds is 4. The second-order valence-electron chi connectivity index (χ2n) is 8.93. The molecule has 0 spiro atoms. The van der Waals surface area contributed by atoms with Gasteiger partial charge in [-0.15, -0.1) is 6.58 Å². The molecule has 3 aliphatic rings. The average molecular weight is 506 g/mol. The van der Waals surface area contributed by atoms with Crippen molar-refractivity contribution in [1.82, 2.24) is 14.2 Å². The van der Waals surface area contributed by atoms with E-state index in [4.69, 9.17) is 23.2 Å². The van der Waals surface area contributed by atoms with Gasteiger partial charge in [-0.1, -0.05) is 35.3 Å². The van der Waals surface area contributed by atoms with Crippen LogP contribution in [-0.4, -0.2) is 46.6 Å². The van der Waals surface area contributed by atoms with E-state index in [1.165, 1.54) is 22.5 Å². The van der Waals surface area contributed by atoms with E-state index in [0.717, 1.165) is 25.0 Å². The molecule has 0 radical (unpaired) electrons. The maximum atomic E-state index is 14.0. The van der Waals surface area contributed by atoms with Gasteiger partial charge in [0.25, 0.3) is 0 Å². The lowest BCUT2D eigenvalue weighted by Crippen LogP contribution is -2.54. The number of benzene rings is 1. The van der Waals surface area contributed by atoms with Crippen molar-refractivity contribution in [2.45, 2.75) is 61.2 Å². The first kappa shape index (κ1) is 22.8. The fourth-order valence-electron chi connectivity index (χ4n) is 5.88. The first-order valence-electron chi connectivity index (χ1n) is 11.2. The molecule has 4 heterocycles. The summed E-state index contributed by atoms with van der Waals surface area (Å²) in [4.78, 5) is 20.4. The third-order valence-electron chi connectivity index (χ3n) is 7.18. The second kappa shape index (κ2) is 8.69. The first-order valence-corrected chi connectivity index (χ1v) is 13.4. The molecule has 0 N–H and O–H groups in total. The van der Waals surface area contributed by atoms with Crippen molar-refractivity contribution in [1.29, 1.82) is 0 Å². The number of hydrogen-bond donors (Lipinski definition) is 0. The van der Waals surface area contributed by atoms with Crippen molar-refractivity contribution < 1.29 is 13.2 Å². The van der Waals surface area contributed by atoms with Crippen LogP contribution in [0, 0.1) is 5.92 Å². The summed E-state index contributed by atoms with van der Waals surface area (Å²) in [6, 6.07) is 8.58. The quantitative estimate of drug-likeness (QED) is 0.556. The lowest BCUT2D eigenvalue weighted by Gasteiger charge is -2.40. The van der Waals surface area contributed by atoms with Gasteiger partial charge in [0.1, 0.15) is 6.04 Å². The van der Waals surface area contributed by atoms with E-state index in [2.05, 4.69) is 11.6 Å². The van der Waals surface area contributed by atoms with E-state index < -0.39 is 16.1 Å². The minimum Gasteiger partial charge on any atom is -0.329 e. The summed E-state index contributed by atoms with van der Waals surface area (Å²) in [6.45, 7) is 4.06. The fourth-order valence-corrected chi connectivity index (χ4v) is 8.47. The van der Waals surface area contributed by atoms with Crippen molar-refractivity contribution >= 4 is 39.1 Å². The highest BCUT2D eigenvalue weighted by molar-refractivity contribution is 7.89. The first-order chi connectivity index (χ1) is 15.8. The number of piperidine rings is 1. The molecule has 1 unspecified atom stereocenters. The third kappa shape index (κ3) is 3.79. The van der Waals surface area contributed by atoms with E-state index in [-0.39, 0.29) is 44.9 Å². The van der Waals surface area contributed by atoms with Crippen LogP contribution in [0.5, 0.6) is 0 Å². The third-order valence-corrected chi connectivity index (χ3v) is 9.53. The molecule has 0 aliphatic carbocycles. The van der Waals surface area contributed by atoms with Crippen molar-refractivity contribution in [2.75, 3.05) is 0 Å². The number of carbonyl (C=O) groups excluding carboxylic acids is 1. The molecule has 2 aromatic rings. The summed E-state index contributed by atoms with van der Waals surface area (Å²) in [5.74, 6) is -0.337. The van der Waals surface area contributed by atoms with Crippen molar-refractivity contribution in [3.05, 3.63) is 71.0 Å². The highest BCUT2D eigenvalue weighted by Crippen LogP contribution is 2.47. The standard InChI is InChI=1S/C24H25Cl2N3O3S/c1-2-18-20-9-10-22(19-6-3-4-11-27-19)28(20)24(30)23-8-5-7-21(18)29(23)33(31,32)17-13-15(25)12-16(26)14-17/h2-4,6,11-14,18,20-23H,1,5,7-10H2/t18-,20-,21-,22-,23?/m0/s1. The lowest BCUT2D eigenvalue weighted by molar-refractivity contribution is -0.137. The number of halogens is 2. The van der Waals surface area contributed by atoms with E-state index in [1.54, 1.807) is 6.20 Å². The molecule has 2 bridgehead atoms. The molecule has 174 valence electrons. The molecule has 33 heavy (non-hydrogen) atoms. The normalized spacial score (nSPS) is 30.1. The summed E-state index contributed by atoms with van der Waals surface area (Å²) in [7, 11) is -4.03. The van der Waals surface area contributed by atoms with Gasteiger partial charge >= 0.3 is 0 Å². The number of nitrogens with zero attached hydrogens (tertiary/aromatic N) is 3. The molecule has 6 nitrogen and oxygen atoms in total. The van der Waals surface area contributed by atoms with Crippen LogP contribution in [-0.2, 0) is 14.8 Å². The molecule has 3 aliphatic heterocycles. The zero-order chi connectivity index (χ0) is 23.3. The topological polar surface area (TPSA) is 70.6 Å². The van der Waals surface area contributed by atoms with Crippen LogP contribution >= 0.6 is 23.2 Å². The molecule has 5 rings (SSSR count). The summed E-state index contributed by atoms with van der Waals surface area (Å²) >= 11 is 12.3. The predicted octanol–water partition coefficient (Wildman–Crippen LogP) is 4.85. The molecule has 1 aromatic carbocycles. The minimum atomic E-state index is -4.03. The fraction of sp³-hybridized carbons (Fsp3) is 0.417. The molecule has 0 saturated carbocycles. The smallest absolute Gasteiger partial charge is 0.244 e. The van der Waals surface area contributed by atoms with Gasteiger partial charge in [0.2, 0.25) is 15.9 Å². The lowest BCUT2D eigenvalue weighted by atomic mass is 9.85. The monoisotopic (exact) mass is 505 g/mol. The highest BCUT2D eigenvalue weighted by atomic mass is 35.5. The average Bonchev–Trinajstić information content (AvgIpc) is 3.21. The van der Waals surface area contributed by atoms with Crippen LogP contribution in [0.1, 0.15) is 43.8 Å². The van der Waals surface area contributed by atoms with E-state index in [0.29, 0.717) is 12.8 Å². The Kier molecular flexibility index (Phi) is 6.02. The Morgan fingerprint density at radius 1 is 1.00 bits per heavy atom. The number of carbonyl (C=O) groups is 1. The zero-order valence-corrected chi connectivity index (χ0v) is 20.3. The molecule has 1 aromatic heterocycles. The van der Waals surface area contributed by atoms with Crippen LogP contribution in [0.15, 0.2) is 60.1 Å². The van der Waals surface area contributed by atoms with Gasteiger partial charge in [-0.25, -0.2) is 8.42 Å². The van der Waals surface area contributed by atoms with E-state index >= 15 is 0 Å². The molecular formula is C24H25Cl2N3O3S. The Bertz CT molecular complexity index is 1170. The molecule has 9 heteroatoms. The summed E-state index contributed by atoms with van der Waals surface area (Å²) in [5, 5.41) is 0.479. The van der Waals surface area contributed by atoms with Gasteiger partial charge in [0, 0.05) is 34.2 Å². The molecule has 5 atom stereocenters. The number of pyridine rings is 1. The van der Waals surface area contributed by atoms with Crippen molar-refractivity contribution in [3.8, 4) is 0 Å². The van der Waals surface area contributed by atoms with Crippen LogP contribution < -0.4 is 0 Å². The summed E-state index contributed by atoms with van der Waals surface area (Å²) < 4.78 is 29.3. The Morgan fingerprint density at radius 3 is 2.42 bits per heavy atom. The Labute approximate surface area is 204 Å². The van der Waals surface area contributed by atoms with Gasteiger partial charge < -0.3 is 4.90 Å². The van der Waals surface area contributed by atoms with E-state index in [1.807, 2.05) is 29.2 Å². The second-order valence-corrected chi connectivity index (χ2v) is 11.6. The number of aromatic nitrogens is 1. The zero-order valence-electron chi connectivity index (χ0n) is 18.0. The largest absolute Gasteiger partial charge is 0.329 e. The van der Waals surface area contributed by atoms with Gasteiger partial charge in [-0.05, 0) is 62.4 Å². The summed E-state index contributed by atoms with van der Waals surface area (Å²) in [5.41, 5.74) is 0.837. The molecular weight excluding hydrogens is 481 g/mol. The van der Waals surface area contributed by atoms with Crippen LogP contribution in [0.2, 0.25) is 10.0 Å². The van der Waals surface area contributed by atoms with Crippen molar-refractivity contribution in [3.63, 3.8) is 0 Å². The van der Waals surface area contributed by atoms with Crippen LogP contribution in [0.4, 0.5) is 0 Å². The predicted molar refractivity (Wildman–Crippen MR) is 127 cm³/mol. The number of hydrogen-bond acceptors (Lipinski definition) is 4. The number of fused-ring (bicyclic) bond motifs is 3. The van der Waals surface area contributed by atoms with Crippen molar-refractivity contribution in [2.24, 2.45) is 5.92 Å². The number of sulfonamides is 1. The van der Waals surface area contributed by atoms with E-state index in [9.17, 15) is 13.2 Å². The Hall–Kier alpha value is -1.93. The van der Waals surface area contributed by atoms with Gasteiger partial charge in [-0.3, -0.25) is 9.78 Å². The maximum Gasteiger partial charge on any atom is 0.244 e. The van der Waals surface area contributed by atoms with Crippen LogP contribution in [0.25, 0.3) is 0 Å². The van der Waals surface area contributed by atoms with Gasteiger partial charge in [-0.2, -0.15) is 4.31 Å². The minimum absolute atomic E-state index is 0.0100.